The van der Waals surface area contributed by atoms with E-state index in [1.165, 1.54) is 4.31 Å². The highest BCUT2D eigenvalue weighted by Gasteiger charge is 2.42. The van der Waals surface area contributed by atoms with E-state index in [0.717, 1.165) is 25.7 Å². The average molecular weight is 288 g/mol. The maximum Gasteiger partial charge on any atom is 0.280 e. The molecule has 4 N–H and O–H groups in total. The van der Waals surface area contributed by atoms with Gasteiger partial charge in [-0.2, -0.15) is 17.4 Å². The maximum absolute atomic E-state index is 12.4. The molecule has 0 radical (unpaired) electrons. The lowest BCUT2D eigenvalue weighted by molar-refractivity contribution is 0.280. The summed E-state index contributed by atoms with van der Waals surface area (Å²) < 4.78 is 28.9. The molecular formula is C12H24N4O2S. The molecule has 0 atom stereocenters. The van der Waals surface area contributed by atoms with Crippen LogP contribution in [0.2, 0.25) is 0 Å². The van der Waals surface area contributed by atoms with Gasteiger partial charge in [-0.05, 0) is 44.4 Å². The summed E-state index contributed by atoms with van der Waals surface area (Å²) in [5, 5.41) is 7.79. The molecular weight excluding hydrogens is 264 g/mol. The SMILES string of the molecule is CC1CCC(NS(=O)(=O)N2CCCC2)(C(=N)N)CC1. The van der Waals surface area contributed by atoms with Gasteiger partial charge >= 0.3 is 0 Å². The monoisotopic (exact) mass is 288 g/mol. The molecule has 1 saturated carbocycles. The summed E-state index contributed by atoms with van der Waals surface area (Å²) >= 11 is 0. The molecule has 2 rings (SSSR count). The van der Waals surface area contributed by atoms with Crippen LogP contribution >= 0.6 is 0 Å². The summed E-state index contributed by atoms with van der Waals surface area (Å²) in [7, 11) is -3.52. The van der Waals surface area contributed by atoms with Gasteiger partial charge in [0.05, 0.1) is 5.54 Å². The van der Waals surface area contributed by atoms with Crippen LogP contribution in [0, 0.1) is 11.3 Å². The third-order valence-corrected chi connectivity index (χ3v) is 6.07. The van der Waals surface area contributed by atoms with E-state index in [1.807, 2.05) is 0 Å². The average Bonchev–Trinajstić information content (AvgIpc) is 2.86. The van der Waals surface area contributed by atoms with Crippen molar-refractivity contribution in [3.05, 3.63) is 0 Å². The van der Waals surface area contributed by atoms with Crippen molar-refractivity contribution in [1.29, 1.82) is 5.41 Å². The van der Waals surface area contributed by atoms with Gasteiger partial charge in [0.25, 0.3) is 10.2 Å². The van der Waals surface area contributed by atoms with Crippen molar-refractivity contribution in [2.24, 2.45) is 11.7 Å². The number of nitrogens with one attached hydrogen (secondary N) is 2. The molecule has 1 heterocycles. The van der Waals surface area contributed by atoms with Crippen molar-refractivity contribution in [2.45, 2.75) is 51.0 Å². The van der Waals surface area contributed by atoms with Crippen LogP contribution in [-0.4, -0.2) is 37.2 Å². The van der Waals surface area contributed by atoms with E-state index in [0.29, 0.717) is 31.8 Å². The van der Waals surface area contributed by atoms with Crippen LogP contribution in [0.25, 0.3) is 0 Å². The van der Waals surface area contributed by atoms with E-state index in [9.17, 15) is 8.42 Å². The summed E-state index contributed by atoms with van der Waals surface area (Å²) in [6.45, 7) is 3.29. The molecule has 0 bridgehead atoms. The minimum absolute atomic E-state index is 0.0535. The second kappa shape index (κ2) is 5.38. The van der Waals surface area contributed by atoms with Gasteiger partial charge in [0.15, 0.2) is 0 Å². The van der Waals surface area contributed by atoms with Crippen LogP contribution in [0.1, 0.15) is 45.4 Å². The van der Waals surface area contributed by atoms with Gasteiger partial charge in [-0.25, -0.2) is 0 Å². The Bertz CT molecular complexity index is 435. The lowest BCUT2D eigenvalue weighted by Crippen LogP contribution is -2.61. The Morgan fingerprint density at radius 3 is 2.32 bits per heavy atom. The predicted molar refractivity (Wildman–Crippen MR) is 75.1 cm³/mol. The van der Waals surface area contributed by atoms with Crippen molar-refractivity contribution in [1.82, 2.24) is 9.03 Å². The molecule has 0 unspecified atom stereocenters. The smallest absolute Gasteiger partial charge is 0.280 e. The minimum Gasteiger partial charge on any atom is -0.386 e. The molecule has 6 nitrogen and oxygen atoms in total. The fourth-order valence-corrected chi connectivity index (χ4v) is 4.60. The molecule has 2 fully saturated rings. The van der Waals surface area contributed by atoms with Gasteiger partial charge in [0.2, 0.25) is 0 Å². The van der Waals surface area contributed by atoms with E-state index in [1.54, 1.807) is 0 Å². The molecule has 0 spiro atoms. The molecule has 0 aromatic rings. The van der Waals surface area contributed by atoms with Crippen molar-refractivity contribution in [2.75, 3.05) is 13.1 Å². The number of hydrogen-bond donors (Lipinski definition) is 3. The fourth-order valence-electron chi connectivity index (χ4n) is 2.92. The van der Waals surface area contributed by atoms with E-state index in [2.05, 4.69) is 11.6 Å². The first-order chi connectivity index (χ1) is 8.86. The van der Waals surface area contributed by atoms with Crippen molar-refractivity contribution in [3.63, 3.8) is 0 Å². The number of hydrogen-bond acceptors (Lipinski definition) is 3. The van der Waals surface area contributed by atoms with Gasteiger partial charge in [-0.1, -0.05) is 6.92 Å². The Labute approximate surface area is 115 Å². The first kappa shape index (κ1) is 14.7. The quantitative estimate of drug-likeness (QED) is 0.527. The van der Waals surface area contributed by atoms with Gasteiger partial charge in [-0.3, -0.25) is 5.41 Å². The molecule has 1 aliphatic heterocycles. The van der Waals surface area contributed by atoms with Crippen LogP contribution in [0.4, 0.5) is 0 Å². The highest BCUT2D eigenvalue weighted by molar-refractivity contribution is 7.87. The van der Waals surface area contributed by atoms with E-state index >= 15 is 0 Å². The van der Waals surface area contributed by atoms with Crippen LogP contribution in [-0.2, 0) is 10.2 Å². The minimum atomic E-state index is -3.52. The molecule has 1 aliphatic carbocycles. The zero-order valence-electron chi connectivity index (χ0n) is 11.5. The lowest BCUT2D eigenvalue weighted by Gasteiger charge is -2.39. The molecule has 1 saturated heterocycles. The first-order valence-electron chi connectivity index (χ1n) is 6.99. The Balaban J connectivity index is 2.15. The number of rotatable bonds is 4. The Hall–Kier alpha value is -0.660. The van der Waals surface area contributed by atoms with Gasteiger partial charge in [0.1, 0.15) is 5.84 Å². The Morgan fingerprint density at radius 2 is 1.84 bits per heavy atom. The summed E-state index contributed by atoms with van der Waals surface area (Å²) in [5.74, 6) is 0.519. The topological polar surface area (TPSA) is 99.3 Å². The lowest BCUT2D eigenvalue weighted by atomic mass is 9.77. The van der Waals surface area contributed by atoms with Crippen LogP contribution in [0.15, 0.2) is 0 Å². The maximum atomic E-state index is 12.4. The summed E-state index contributed by atoms with van der Waals surface area (Å²) in [4.78, 5) is 0. The second-order valence-electron chi connectivity index (χ2n) is 5.89. The largest absolute Gasteiger partial charge is 0.386 e. The summed E-state index contributed by atoms with van der Waals surface area (Å²) in [6.07, 6.45) is 4.87. The Morgan fingerprint density at radius 1 is 1.32 bits per heavy atom. The van der Waals surface area contributed by atoms with Crippen LogP contribution in [0.3, 0.4) is 0 Å². The third-order valence-electron chi connectivity index (χ3n) is 4.37. The fraction of sp³-hybridized carbons (Fsp3) is 0.917. The molecule has 0 aromatic carbocycles. The number of nitrogens with zero attached hydrogens (tertiary/aromatic N) is 1. The zero-order chi connectivity index (χ0) is 14.1. The van der Waals surface area contributed by atoms with Gasteiger partial charge in [-0.15, -0.1) is 0 Å². The van der Waals surface area contributed by atoms with Gasteiger partial charge < -0.3 is 5.73 Å². The molecule has 2 aliphatic rings. The van der Waals surface area contributed by atoms with E-state index in [-0.39, 0.29) is 5.84 Å². The normalized spacial score (nSPS) is 33.4. The number of nitrogens with two attached hydrogens (primary N) is 1. The highest BCUT2D eigenvalue weighted by atomic mass is 32.2. The molecule has 7 heteroatoms. The van der Waals surface area contributed by atoms with Crippen LogP contribution in [0.5, 0.6) is 0 Å². The summed E-state index contributed by atoms with van der Waals surface area (Å²) in [6, 6.07) is 0. The van der Waals surface area contributed by atoms with Crippen molar-refractivity contribution >= 4 is 16.0 Å². The number of amidine groups is 1. The second-order valence-corrected chi connectivity index (χ2v) is 7.56. The first-order valence-corrected chi connectivity index (χ1v) is 8.43. The van der Waals surface area contributed by atoms with Crippen molar-refractivity contribution in [3.8, 4) is 0 Å². The highest BCUT2D eigenvalue weighted by Crippen LogP contribution is 2.33. The summed E-state index contributed by atoms with van der Waals surface area (Å²) in [5.41, 5.74) is 4.82. The Kier molecular flexibility index (Phi) is 4.17. The van der Waals surface area contributed by atoms with E-state index in [4.69, 9.17) is 11.1 Å². The molecule has 110 valence electrons. The van der Waals surface area contributed by atoms with Crippen molar-refractivity contribution < 1.29 is 8.42 Å². The zero-order valence-corrected chi connectivity index (χ0v) is 12.3. The standard InChI is InChI=1S/C12H24N4O2S/c1-10-4-6-12(7-5-10,11(13)14)15-19(17,18)16-8-2-3-9-16/h10,15H,2-9H2,1H3,(H3,13,14). The third kappa shape index (κ3) is 3.09. The van der Waals surface area contributed by atoms with E-state index < -0.39 is 15.7 Å². The molecule has 0 amide bonds. The van der Waals surface area contributed by atoms with Gasteiger partial charge in [0, 0.05) is 13.1 Å². The molecule has 0 aromatic heterocycles. The van der Waals surface area contributed by atoms with Crippen LogP contribution < -0.4 is 10.5 Å². The molecule has 19 heavy (non-hydrogen) atoms. The predicted octanol–water partition coefficient (Wildman–Crippen LogP) is 0.801.